The molecule has 9 bridgehead atoms. The molecule has 11 aliphatic rings. The molecule has 1 amide bonds. The summed E-state index contributed by atoms with van der Waals surface area (Å²) in [6, 6.07) is -0.698. The number of Topliss-reactive ketones (excluding diaryl/α,β-unsaturated/α-hetero) is 1. The third-order valence-corrected chi connectivity index (χ3v) is 17.8. The monoisotopic (exact) mass is 760 g/mol. The quantitative estimate of drug-likeness (QED) is 0.122. The fraction of sp³-hybridized carbons (Fsp3) is 0.818. The zero-order valence-electron chi connectivity index (χ0n) is 33.1. The van der Waals surface area contributed by atoms with E-state index in [2.05, 4.69) is 31.0 Å². The van der Waals surface area contributed by atoms with Gasteiger partial charge in [-0.3, -0.25) is 14.9 Å². The van der Waals surface area contributed by atoms with Gasteiger partial charge in [-0.15, -0.1) is 5.92 Å². The van der Waals surface area contributed by atoms with Gasteiger partial charge in [0, 0.05) is 56.5 Å². The van der Waals surface area contributed by atoms with Crippen LogP contribution in [0.3, 0.4) is 0 Å². The molecule has 0 radical (unpaired) electrons. The number of hydrogen-bond acceptors (Lipinski definition) is 10. The van der Waals surface area contributed by atoms with Crippen molar-refractivity contribution in [1.82, 2.24) is 10.2 Å². The molecule has 3 saturated heterocycles. The minimum Gasteiger partial charge on any atom is -0.387 e. The molecule has 11 rings (SSSR count). The Morgan fingerprint density at radius 2 is 1.85 bits per heavy atom. The Balaban J connectivity index is 1.10. The van der Waals surface area contributed by atoms with Crippen molar-refractivity contribution >= 4 is 11.7 Å². The maximum atomic E-state index is 15.0. The van der Waals surface area contributed by atoms with E-state index in [1.165, 1.54) is 0 Å². The van der Waals surface area contributed by atoms with E-state index in [-0.39, 0.29) is 53.4 Å². The molecule has 55 heavy (non-hydrogen) atoms. The second-order valence-electron chi connectivity index (χ2n) is 20.1. The molecule has 11 nitrogen and oxygen atoms in total. The Hall–Kier alpha value is -2.14. The number of allylic oxidation sites excluding steroid dienone is 1. The molecule has 0 aromatic rings. The van der Waals surface area contributed by atoms with Crippen LogP contribution in [0.25, 0.3) is 0 Å². The standard InChI is InChI=1S/C44H60N2O9/c1-23-31-27-12-15-43(51)37(31)55-34(23)36(48)41(4,50)30-20-24-9-10-28-33(47)29-21-26(54-19-7-18-53-5)11-14-39(29,2)42(17-16-40(30,3)44(24,52)35(28)42)13-6-8-25-22-46(25)38(49)32(27)45-43/h12,15,23-27,29-32,34,36-37,45,48,50-52H,7-11,14,16-22H2,1-5H3. The van der Waals surface area contributed by atoms with Crippen LogP contribution in [-0.2, 0) is 23.8 Å². The number of carbonyl (C=O) groups excluding carboxylic acids is 2. The summed E-state index contributed by atoms with van der Waals surface area (Å²) < 4.78 is 18.2. The van der Waals surface area contributed by atoms with Crippen molar-refractivity contribution in [3.8, 4) is 11.8 Å². The van der Waals surface area contributed by atoms with Crippen LogP contribution in [0.15, 0.2) is 23.3 Å². The minimum absolute atomic E-state index is 0.0388. The summed E-state index contributed by atoms with van der Waals surface area (Å²) in [7, 11) is 1.69. The largest absolute Gasteiger partial charge is 0.387 e. The van der Waals surface area contributed by atoms with Gasteiger partial charge in [0.25, 0.3) is 0 Å². The zero-order chi connectivity index (χ0) is 38.7. The zero-order valence-corrected chi connectivity index (χ0v) is 33.1. The Kier molecular flexibility index (Phi) is 8.09. The van der Waals surface area contributed by atoms with E-state index in [0.717, 1.165) is 30.4 Å². The molecule has 3 saturated carbocycles. The van der Waals surface area contributed by atoms with Gasteiger partial charge >= 0.3 is 0 Å². The lowest BCUT2D eigenvalue weighted by molar-refractivity contribution is -0.213. The lowest BCUT2D eigenvalue weighted by atomic mass is 9.37. The summed E-state index contributed by atoms with van der Waals surface area (Å²) in [5.74, 6) is 5.70. The van der Waals surface area contributed by atoms with Crippen LogP contribution in [0.4, 0.5) is 0 Å². The molecule has 18 unspecified atom stereocenters. The van der Waals surface area contributed by atoms with Crippen LogP contribution < -0.4 is 5.32 Å². The number of nitrogens with zero attached hydrogens (tertiary/aromatic N) is 1. The van der Waals surface area contributed by atoms with Crippen molar-refractivity contribution in [3.63, 3.8) is 0 Å². The number of carbonyl (C=O) groups is 2. The van der Waals surface area contributed by atoms with Crippen LogP contribution >= 0.6 is 0 Å². The van der Waals surface area contributed by atoms with Crippen LogP contribution in [0.2, 0.25) is 0 Å². The highest BCUT2D eigenvalue weighted by molar-refractivity contribution is 6.01. The molecule has 6 fully saturated rings. The number of methoxy groups -OCH3 is 1. The second-order valence-corrected chi connectivity index (χ2v) is 20.1. The van der Waals surface area contributed by atoms with E-state index >= 15 is 0 Å². The Morgan fingerprint density at radius 3 is 2.64 bits per heavy atom. The van der Waals surface area contributed by atoms with Gasteiger partial charge in [0.2, 0.25) is 5.91 Å². The third-order valence-electron chi connectivity index (χ3n) is 17.8. The fourth-order valence-electron chi connectivity index (χ4n) is 14.8. The normalized spacial score (nSPS) is 55.5. The maximum Gasteiger partial charge on any atom is 0.240 e. The lowest BCUT2D eigenvalue weighted by Crippen LogP contribution is -2.71. The SMILES string of the molecule is COCCCOC1CCC2(C)C(C1)C(=O)C1=C3C24C#CCC2CN2C(=O)C2NC5(O)C=CC2C2C(C)C(OC25)C(O)C(C)(O)C2CC(CC1)C3(O)C2(C)CC4. The average Bonchev–Trinajstić information content (AvgIpc) is 3.77. The Morgan fingerprint density at radius 1 is 1.05 bits per heavy atom. The van der Waals surface area contributed by atoms with E-state index < -0.39 is 63.4 Å². The number of rotatable bonds is 5. The number of amides is 1. The molecule has 300 valence electrons. The van der Waals surface area contributed by atoms with Crippen LogP contribution in [0.1, 0.15) is 91.9 Å². The first kappa shape index (κ1) is 37.2. The Bertz CT molecular complexity index is 1820. The van der Waals surface area contributed by atoms with Crippen molar-refractivity contribution in [2.24, 2.45) is 51.8 Å². The summed E-state index contributed by atoms with van der Waals surface area (Å²) in [5, 5.41) is 54.2. The van der Waals surface area contributed by atoms with E-state index in [1.807, 2.05) is 17.9 Å². The number of hydrogen-bond donors (Lipinski definition) is 5. The van der Waals surface area contributed by atoms with Crippen LogP contribution in [0, 0.1) is 63.6 Å². The molecule has 18 atom stereocenters. The average molecular weight is 761 g/mol. The van der Waals surface area contributed by atoms with Gasteiger partial charge in [-0.2, -0.15) is 0 Å². The Labute approximate surface area is 324 Å². The molecule has 0 aromatic heterocycles. The van der Waals surface area contributed by atoms with Crippen molar-refractivity contribution in [3.05, 3.63) is 23.3 Å². The first-order chi connectivity index (χ1) is 26.1. The maximum absolute atomic E-state index is 15.0. The van der Waals surface area contributed by atoms with Crippen molar-refractivity contribution < 1.29 is 44.2 Å². The van der Waals surface area contributed by atoms with E-state index in [0.29, 0.717) is 64.7 Å². The molecule has 5 heterocycles. The highest BCUT2D eigenvalue weighted by atomic mass is 16.5. The lowest BCUT2D eigenvalue weighted by Gasteiger charge is -2.67. The number of piperidine rings is 1. The van der Waals surface area contributed by atoms with Crippen molar-refractivity contribution in [2.75, 3.05) is 26.9 Å². The fourth-order valence-corrected chi connectivity index (χ4v) is 14.8. The number of aliphatic hydroxyl groups is 4. The van der Waals surface area contributed by atoms with Gasteiger partial charge in [0.1, 0.15) is 12.2 Å². The highest BCUT2D eigenvalue weighted by Crippen LogP contribution is 2.77. The predicted octanol–water partition coefficient (Wildman–Crippen LogP) is 2.64. The van der Waals surface area contributed by atoms with Crippen molar-refractivity contribution in [1.29, 1.82) is 0 Å². The van der Waals surface area contributed by atoms with Gasteiger partial charge < -0.3 is 39.5 Å². The summed E-state index contributed by atoms with van der Waals surface area (Å²) in [4.78, 5) is 31.0. The first-order valence-corrected chi connectivity index (χ1v) is 21.2. The molecule has 0 spiro atoms. The van der Waals surface area contributed by atoms with Gasteiger partial charge in [0.15, 0.2) is 11.5 Å². The summed E-state index contributed by atoms with van der Waals surface area (Å²) in [6.45, 7) is 9.81. The van der Waals surface area contributed by atoms with Crippen LogP contribution in [-0.4, -0.2) is 117 Å². The summed E-state index contributed by atoms with van der Waals surface area (Å²) >= 11 is 0. The second kappa shape index (κ2) is 12.0. The first-order valence-electron chi connectivity index (χ1n) is 21.2. The minimum atomic E-state index is -1.68. The molecular formula is C44H60N2O9. The van der Waals surface area contributed by atoms with Gasteiger partial charge in [0.05, 0.1) is 40.9 Å². The van der Waals surface area contributed by atoms with Gasteiger partial charge in [-0.1, -0.05) is 32.8 Å². The molecular weight excluding hydrogens is 700 g/mol. The van der Waals surface area contributed by atoms with E-state index in [1.54, 1.807) is 20.1 Å². The highest BCUT2D eigenvalue weighted by Gasteiger charge is 2.78. The molecule has 6 aliphatic carbocycles. The van der Waals surface area contributed by atoms with Crippen molar-refractivity contribution in [2.45, 2.75) is 145 Å². The van der Waals surface area contributed by atoms with E-state index in [9.17, 15) is 30.0 Å². The number of ether oxygens (including phenoxy) is 3. The summed E-state index contributed by atoms with van der Waals surface area (Å²) in [6.07, 6.45) is 7.07. The predicted molar refractivity (Wildman–Crippen MR) is 200 cm³/mol. The molecule has 5 N–H and O–H groups in total. The molecule has 11 heteroatoms. The molecule has 5 aliphatic heterocycles. The van der Waals surface area contributed by atoms with Crippen LogP contribution in [0.5, 0.6) is 0 Å². The molecule has 0 aromatic carbocycles. The summed E-state index contributed by atoms with van der Waals surface area (Å²) in [5.41, 5.74) is -5.32. The van der Waals surface area contributed by atoms with E-state index in [4.69, 9.17) is 14.2 Å². The smallest absolute Gasteiger partial charge is 0.240 e. The number of ketones is 1. The van der Waals surface area contributed by atoms with Gasteiger partial charge in [-0.05, 0) is 105 Å². The third kappa shape index (κ3) is 4.58. The number of fused-ring (bicyclic) bond motifs is 3. The number of nitrogens with one attached hydrogen (secondary N) is 1. The topological polar surface area (TPSA) is 158 Å². The number of aliphatic hydroxyl groups excluding tert-OH is 1. The van der Waals surface area contributed by atoms with Gasteiger partial charge in [-0.25, -0.2) is 0 Å².